The number of carbonyl (C=O) groups is 1. The van der Waals surface area contributed by atoms with Crippen LogP contribution in [0.15, 0.2) is 59.6 Å². The maximum Gasteiger partial charge on any atom is 0.338 e. The number of aryl methyl sites for hydroxylation is 1. The first-order chi connectivity index (χ1) is 13.0. The van der Waals surface area contributed by atoms with Gasteiger partial charge in [0.2, 0.25) is 0 Å². The molecule has 27 heavy (non-hydrogen) atoms. The standard InChI is InChI=1S/C22H21ClN2O2/c1-4-27-22(26)17-8-10-20(11-9-17)24-14-18-12-15(2)25(16(18)3)21-7-5-6-19(23)13-21/h5-14H,4H2,1-3H3. The fourth-order valence-electron chi connectivity index (χ4n) is 2.97. The average molecular weight is 381 g/mol. The molecule has 138 valence electrons. The molecule has 0 fully saturated rings. The lowest BCUT2D eigenvalue weighted by Crippen LogP contribution is -2.03. The third-order valence-corrected chi connectivity index (χ3v) is 4.50. The van der Waals surface area contributed by atoms with Gasteiger partial charge in [0.1, 0.15) is 0 Å². The maximum absolute atomic E-state index is 11.7. The highest BCUT2D eigenvalue weighted by molar-refractivity contribution is 6.30. The van der Waals surface area contributed by atoms with Crippen molar-refractivity contribution in [1.29, 1.82) is 0 Å². The molecule has 3 rings (SSSR count). The highest BCUT2D eigenvalue weighted by atomic mass is 35.5. The zero-order chi connectivity index (χ0) is 19.4. The van der Waals surface area contributed by atoms with Gasteiger partial charge in [0.05, 0.1) is 17.9 Å². The summed E-state index contributed by atoms with van der Waals surface area (Å²) in [6, 6.07) is 16.9. The minimum absolute atomic E-state index is 0.321. The summed E-state index contributed by atoms with van der Waals surface area (Å²) in [6.45, 7) is 6.26. The van der Waals surface area contributed by atoms with Crippen molar-refractivity contribution in [3.8, 4) is 5.69 Å². The second kappa shape index (κ2) is 8.23. The second-order valence-corrected chi connectivity index (χ2v) is 6.60. The molecule has 1 aromatic heterocycles. The Balaban J connectivity index is 1.84. The topological polar surface area (TPSA) is 43.6 Å². The molecule has 4 nitrogen and oxygen atoms in total. The molecule has 0 bridgehead atoms. The average Bonchev–Trinajstić information content (AvgIpc) is 2.94. The molecule has 0 radical (unpaired) electrons. The van der Waals surface area contributed by atoms with Crippen LogP contribution in [-0.4, -0.2) is 23.4 Å². The van der Waals surface area contributed by atoms with E-state index in [1.165, 1.54) is 0 Å². The molecular formula is C22H21ClN2O2. The number of halogens is 1. The molecule has 0 atom stereocenters. The van der Waals surface area contributed by atoms with Crippen LogP contribution in [0.3, 0.4) is 0 Å². The van der Waals surface area contributed by atoms with Crippen molar-refractivity contribution in [3.05, 3.63) is 82.1 Å². The summed E-state index contributed by atoms with van der Waals surface area (Å²) in [6.07, 6.45) is 1.84. The summed E-state index contributed by atoms with van der Waals surface area (Å²) < 4.78 is 7.14. The van der Waals surface area contributed by atoms with Gasteiger partial charge in [0, 0.05) is 33.9 Å². The summed E-state index contributed by atoms with van der Waals surface area (Å²) in [5.41, 5.74) is 5.54. The fraction of sp³-hybridized carbons (Fsp3) is 0.182. The van der Waals surface area contributed by atoms with Crippen LogP contribution in [0, 0.1) is 13.8 Å². The Labute approximate surface area is 164 Å². The normalized spacial score (nSPS) is 11.1. The first-order valence-electron chi connectivity index (χ1n) is 8.75. The van der Waals surface area contributed by atoms with E-state index >= 15 is 0 Å². The van der Waals surface area contributed by atoms with Crippen LogP contribution in [0.2, 0.25) is 5.02 Å². The Morgan fingerprint density at radius 1 is 1.15 bits per heavy atom. The van der Waals surface area contributed by atoms with E-state index in [0.717, 1.165) is 28.3 Å². The Hall–Kier alpha value is -2.85. The van der Waals surface area contributed by atoms with Crippen LogP contribution in [0.1, 0.15) is 34.2 Å². The molecule has 0 amide bonds. The van der Waals surface area contributed by atoms with Crippen molar-refractivity contribution >= 4 is 29.5 Å². The third-order valence-electron chi connectivity index (χ3n) is 4.27. The first kappa shape index (κ1) is 18.9. The molecule has 0 saturated heterocycles. The van der Waals surface area contributed by atoms with Crippen LogP contribution >= 0.6 is 11.6 Å². The summed E-state index contributed by atoms with van der Waals surface area (Å²) in [7, 11) is 0. The lowest BCUT2D eigenvalue weighted by molar-refractivity contribution is 0.0526. The predicted octanol–water partition coefficient (Wildman–Crippen LogP) is 5.67. The van der Waals surface area contributed by atoms with E-state index in [1.54, 1.807) is 31.2 Å². The molecule has 3 aromatic rings. The Bertz CT molecular complexity index is 988. The Morgan fingerprint density at radius 3 is 2.56 bits per heavy atom. The van der Waals surface area contributed by atoms with E-state index in [-0.39, 0.29) is 5.97 Å². The van der Waals surface area contributed by atoms with Gasteiger partial charge in [-0.05, 0) is 69.3 Å². The number of benzene rings is 2. The van der Waals surface area contributed by atoms with Crippen molar-refractivity contribution in [1.82, 2.24) is 4.57 Å². The van der Waals surface area contributed by atoms with E-state index in [4.69, 9.17) is 16.3 Å². The lowest BCUT2D eigenvalue weighted by Gasteiger charge is -2.09. The first-order valence-corrected chi connectivity index (χ1v) is 9.13. The smallest absolute Gasteiger partial charge is 0.338 e. The summed E-state index contributed by atoms with van der Waals surface area (Å²) in [4.78, 5) is 16.2. The van der Waals surface area contributed by atoms with Gasteiger partial charge in [-0.2, -0.15) is 0 Å². The number of esters is 1. The minimum Gasteiger partial charge on any atom is -0.462 e. The molecule has 0 N–H and O–H groups in total. The summed E-state index contributed by atoms with van der Waals surface area (Å²) in [5, 5.41) is 0.705. The van der Waals surface area contributed by atoms with Gasteiger partial charge in [0.25, 0.3) is 0 Å². The monoisotopic (exact) mass is 380 g/mol. The van der Waals surface area contributed by atoms with Gasteiger partial charge in [0.15, 0.2) is 0 Å². The molecule has 5 heteroatoms. The van der Waals surface area contributed by atoms with Crippen LogP contribution in [-0.2, 0) is 4.74 Å². The van der Waals surface area contributed by atoms with Gasteiger partial charge < -0.3 is 9.30 Å². The van der Waals surface area contributed by atoms with Crippen LogP contribution in [0.25, 0.3) is 5.69 Å². The highest BCUT2D eigenvalue weighted by Gasteiger charge is 2.10. The number of aromatic nitrogens is 1. The van der Waals surface area contributed by atoms with Crippen LogP contribution in [0.4, 0.5) is 5.69 Å². The number of aliphatic imine (C=N–C) groups is 1. The van der Waals surface area contributed by atoms with Crippen LogP contribution < -0.4 is 0 Å². The lowest BCUT2D eigenvalue weighted by atomic mass is 10.2. The largest absolute Gasteiger partial charge is 0.462 e. The van der Waals surface area contributed by atoms with Crippen molar-refractivity contribution in [2.75, 3.05) is 6.61 Å². The number of hydrogen-bond donors (Lipinski definition) is 0. The zero-order valence-electron chi connectivity index (χ0n) is 15.6. The van der Waals surface area contributed by atoms with E-state index in [9.17, 15) is 4.79 Å². The SMILES string of the molecule is CCOC(=O)c1ccc(N=Cc2cc(C)n(-c3cccc(Cl)c3)c2C)cc1. The maximum atomic E-state index is 11.7. The summed E-state index contributed by atoms with van der Waals surface area (Å²) in [5.74, 6) is -0.321. The van der Waals surface area contributed by atoms with E-state index in [2.05, 4.69) is 29.5 Å². The molecule has 2 aromatic carbocycles. The third kappa shape index (κ3) is 4.29. The molecule has 1 heterocycles. The minimum atomic E-state index is -0.321. The van der Waals surface area contributed by atoms with E-state index < -0.39 is 0 Å². The van der Waals surface area contributed by atoms with Crippen molar-refractivity contribution in [2.45, 2.75) is 20.8 Å². The van der Waals surface area contributed by atoms with Gasteiger partial charge >= 0.3 is 5.97 Å². The van der Waals surface area contributed by atoms with Crippen LogP contribution in [0.5, 0.6) is 0 Å². The van der Waals surface area contributed by atoms with E-state index in [1.807, 2.05) is 30.5 Å². The number of ether oxygens (including phenoxy) is 1. The molecular weight excluding hydrogens is 360 g/mol. The zero-order valence-corrected chi connectivity index (χ0v) is 16.3. The highest BCUT2D eigenvalue weighted by Crippen LogP contribution is 2.23. The van der Waals surface area contributed by atoms with E-state index in [0.29, 0.717) is 17.2 Å². The number of rotatable bonds is 5. The molecule has 0 unspecified atom stereocenters. The van der Waals surface area contributed by atoms with Crippen molar-refractivity contribution < 1.29 is 9.53 Å². The van der Waals surface area contributed by atoms with Crippen molar-refractivity contribution in [2.24, 2.45) is 4.99 Å². The predicted molar refractivity (Wildman–Crippen MR) is 110 cm³/mol. The van der Waals surface area contributed by atoms with Gasteiger partial charge in [-0.3, -0.25) is 4.99 Å². The number of carbonyl (C=O) groups excluding carboxylic acids is 1. The number of hydrogen-bond acceptors (Lipinski definition) is 3. The number of nitrogens with zero attached hydrogens (tertiary/aromatic N) is 2. The van der Waals surface area contributed by atoms with Gasteiger partial charge in [-0.15, -0.1) is 0 Å². The van der Waals surface area contributed by atoms with Gasteiger partial charge in [-0.1, -0.05) is 17.7 Å². The molecule has 0 spiro atoms. The van der Waals surface area contributed by atoms with Gasteiger partial charge in [-0.25, -0.2) is 4.79 Å². The molecule has 0 aliphatic rings. The quantitative estimate of drug-likeness (QED) is 0.422. The Morgan fingerprint density at radius 2 is 1.89 bits per heavy atom. The molecule has 0 aliphatic heterocycles. The van der Waals surface area contributed by atoms with Crippen molar-refractivity contribution in [3.63, 3.8) is 0 Å². The second-order valence-electron chi connectivity index (χ2n) is 6.17. The summed E-state index contributed by atoms with van der Waals surface area (Å²) >= 11 is 6.13. The fourth-order valence-corrected chi connectivity index (χ4v) is 3.16. The molecule has 0 aliphatic carbocycles. The molecule has 0 saturated carbocycles. The Kier molecular flexibility index (Phi) is 5.77.